The van der Waals surface area contributed by atoms with Crippen LogP contribution in [0, 0.1) is 0 Å². The number of fused-ring (bicyclic) bond motifs is 1. The van der Waals surface area contributed by atoms with Gasteiger partial charge in [-0.25, -0.2) is 9.67 Å². The first-order chi connectivity index (χ1) is 13.1. The Kier molecular flexibility index (Phi) is 6.09. The molecule has 0 unspecified atom stereocenters. The Bertz CT molecular complexity index is 1000. The number of aliphatic hydroxyl groups excluding tert-OH is 1. The third kappa shape index (κ3) is 4.47. The molecule has 1 aromatic carbocycles. The number of H-pyrrole nitrogens is 1. The number of carbonyl (C=O) groups is 1. The summed E-state index contributed by atoms with van der Waals surface area (Å²) >= 11 is 1.10. The van der Waals surface area contributed by atoms with E-state index >= 15 is 0 Å². The molecule has 0 aliphatic heterocycles. The fourth-order valence-corrected chi connectivity index (χ4v) is 3.10. The quantitative estimate of drug-likeness (QED) is 0.391. The minimum absolute atomic E-state index is 0.0586. The van der Waals surface area contributed by atoms with Crippen LogP contribution >= 0.6 is 11.8 Å². The fourth-order valence-electron chi connectivity index (χ4n) is 2.44. The highest BCUT2D eigenvalue weighted by atomic mass is 32.2. The molecule has 3 rings (SSSR count). The molecule has 27 heavy (non-hydrogen) atoms. The molecule has 0 aliphatic carbocycles. The molecule has 0 atom stereocenters. The number of para-hydroxylation sites is 2. The van der Waals surface area contributed by atoms with Gasteiger partial charge in [0.1, 0.15) is 11.1 Å². The van der Waals surface area contributed by atoms with E-state index in [-0.39, 0.29) is 30.4 Å². The SMILES string of the molecule is CCOc1ccccc1NC(=O)CSc1nc2c(cnn2CCO)c(=O)[nH]1. The molecule has 142 valence electrons. The number of aromatic nitrogens is 4. The van der Waals surface area contributed by atoms with Gasteiger partial charge in [0, 0.05) is 0 Å². The monoisotopic (exact) mass is 389 g/mol. The molecule has 3 aromatic rings. The van der Waals surface area contributed by atoms with E-state index in [4.69, 9.17) is 9.84 Å². The Balaban J connectivity index is 1.70. The van der Waals surface area contributed by atoms with Gasteiger partial charge in [-0.05, 0) is 19.1 Å². The minimum atomic E-state index is -0.339. The van der Waals surface area contributed by atoms with Gasteiger partial charge >= 0.3 is 0 Å². The Labute approximate surface area is 158 Å². The smallest absolute Gasteiger partial charge is 0.262 e. The van der Waals surface area contributed by atoms with Crippen LogP contribution in [-0.4, -0.2) is 49.7 Å². The zero-order valence-corrected chi connectivity index (χ0v) is 15.5. The Morgan fingerprint density at radius 1 is 1.41 bits per heavy atom. The van der Waals surface area contributed by atoms with Crippen LogP contribution in [0.15, 0.2) is 40.4 Å². The first kappa shape index (κ1) is 18.9. The van der Waals surface area contributed by atoms with E-state index in [1.165, 1.54) is 10.9 Å². The number of thioether (sulfide) groups is 1. The summed E-state index contributed by atoms with van der Waals surface area (Å²) in [7, 11) is 0. The molecule has 0 fully saturated rings. The van der Waals surface area contributed by atoms with Gasteiger partial charge in [-0.3, -0.25) is 9.59 Å². The minimum Gasteiger partial charge on any atom is -0.492 e. The molecule has 0 aliphatic rings. The number of hydrogen-bond acceptors (Lipinski definition) is 7. The molecule has 2 aromatic heterocycles. The molecule has 0 radical (unpaired) electrons. The van der Waals surface area contributed by atoms with E-state index < -0.39 is 0 Å². The zero-order valence-electron chi connectivity index (χ0n) is 14.6. The number of aliphatic hydroxyl groups is 1. The Morgan fingerprint density at radius 2 is 2.22 bits per heavy atom. The number of nitrogens with zero attached hydrogens (tertiary/aromatic N) is 3. The normalized spacial score (nSPS) is 10.9. The number of benzene rings is 1. The molecule has 10 heteroatoms. The number of aromatic amines is 1. The second-order valence-corrected chi connectivity index (χ2v) is 6.43. The highest BCUT2D eigenvalue weighted by Gasteiger charge is 2.12. The summed E-state index contributed by atoms with van der Waals surface area (Å²) in [6.07, 6.45) is 1.41. The molecule has 3 N–H and O–H groups in total. The van der Waals surface area contributed by atoms with Crippen molar-refractivity contribution in [3.63, 3.8) is 0 Å². The van der Waals surface area contributed by atoms with Crippen LogP contribution in [0.5, 0.6) is 5.75 Å². The molecule has 0 saturated heterocycles. The van der Waals surface area contributed by atoms with Crippen LogP contribution in [0.3, 0.4) is 0 Å². The van der Waals surface area contributed by atoms with Gasteiger partial charge < -0.3 is 20.1 Å². The van der Waals surface area contributed by atoms with Crippen molar-refractivity contribution in [1.29, 1.82) is 0 Å². The number of ether oxygens (including phenoxy) is 1. The van der Waals surface area contributed by atoms with Crippen molar-refractivity contribution in [2.45, 2.75) is 18.6 Å². The van der Waals surface area contributed by atoms with Crippen molar-refractivity contribution in [1.82, 2.24) is 19.7 Å². The number of amides is 1. The lowest BCUT2D eigenvalue weighted by Gasteiger charge is -2.11. The Hall–Kier alpha value is -2.85. The molecular weight excluding hydrogens is 370 g/mol. The highest BCUT2D eigenvalue weighted by molar-refractivity contribution is 7.99. The lowest BCUT2D eigenvalue weighted by molar-refractivity contribution is -0.113. The first-order valence-electron chi connectivity index (χ1n) is 8.33. The number of carbonyl (C=O) groups excluding carboxylic acids is 1. The number of rotatable bonds is 8. The van der Waals surface area contributed by atoms with Gasteiger partial charge in [-0.15, -0.1) is 0 Å². The summed E-state index contributed by atoms with van der Waals surface area (Å²) in [5, 5.41) is 16.5. The summed E-state index contributed by atoms with van der Waals surface area (Å²) in [6, 6.07) is 7.17. The first-order valence-corrected chi connectivity index (χ1v) is 9.32. The molecule has 1 amide bonds. The molecule has 0 spiro atoms. The van der Waals surface area contributed by atoms with Crippen LogP contribution in [0.1, 0.15) is 6.92 Å². The molecule has 2 heterocycles. The Morgan fingerprint density at radius 3 is 3.00 bits per heavy atom. The van der Waals surface area contributed by atoms with E-state index in [0.717, 1.165) is 11.8 Å². The van der Waals surface area contributed by atoms with Crippen molar-refractivity contribution in [3.8, 4) is 5.75 Å². The van der Waals surface area contributed by atoms with Crippen molar-refractivity contribution >= 4 is 34.4 Å². The van der Waals surface area contributed by atoms with E-state index in [1.807, 2.05) is 13.0 Å². The van der Waals surface area contributed by atoms with Crippen molar-refractivity contribution in [3.05, 3.63) is 40.8 Å². The van der Waals surface area contributed by atoms with E-state index in [1.54, 1.807) is 18.2 Å². The fraction of sp³-hybridized carbons (Fsp3) is 0.294. The largest absolute Gasteiger partial charge is 0.492 e. The third-order valence-corrected chi connectivity index (χ3v) is 4.47. The summed E-state index contributed by atoms with van der Waals surface area (Å²) in [6.45, 7) is 2.48. The summed E-state index contributed by atoms with van der Waals surface area (Å²) in [5.41, 5.74) is 0.620. The van der Waals surface area contributed by atoms with Gasteiger partial charge in [0.2, 0.25) is 5.91 Å². The van der Waals surface area contributed by atoms with Crippen LogP contribution < -0.4 is 15.6 Å². The maximum atomic E-state index is 12.3. The van der Waals surface area contributed by atoms with Crippen LogP contribution in [-0.2, 0) is 11.3 Å². The topological polar surface area (TPSA) is 122 Å². The van der Waals surface area contributed by atoms with Crippen LogP contribution in [0.2, 0.25) is 0 Å². The van der Waals surface area contributed by atoms with Gasteiger partial charge in [-0.1, -0.05) is 23.9 Å². The standard InChI is InChI=1S/C17H19N5O4S/c1-2-26-13-6-4-3-5-12(13)19-14(24)10-27-17-20-15-11(16(25)21-17)9-18-22(15)7-8-23/h3-6,9,23H,2,7-8,10H2,1H3,(H,19,24)(H,20,21,25). The second kappa shape index (κ2) is 8.69. The third-order valence-electron chi connectivity index (χ3n) is 3.60. The molecule has 0 bridgehead atoms. The molecular formula is C17H19N5O4S. The number of hydrogen-bond donors (Lipinski definition) is 3. The predicted molar refractivity (Wildman–Crippen MR) is 102 cm³/mol. The highest BCUT2D eigenvalue weighted by Crippen LogP contribution is 2.24. The van der Waals surface area contributed by atoms with Crippen molar-refractivity contribution in [2.24, 2.45) is 0 Å². The van der Waals surface area contributed by atoms with E-state index in [0.29, 0.717) is 34.2 Å². The van der Waals surface area contributed by atoms with Crippen molar-refractivity contribution < 1.29 is 14.6 Å². The lowest BCUT2D eigenvalue weighted by atomic mass is 10.3. The molecule has 0 saturated carbocycles. The predicted octanol–water partition coefficient (Wildman–Crippen LogP) is 1.24. The lowest BCUT2D eigenvalue weighted by Crippen LogP contribution is -2.16. The van der Waals surface area contributed by atoms with Gasteiger partial charge in [0.25, 0.3) is 5.56 Å². The summed E-state index contributed by atoms with van der Waals surface area (Å²) < 4.78 is 6.93. The molecule has 9 nitrogen and oxygen atoms in total. The number of nitrogens with one attached hydrogen (secondary N) is 2. The second-order valence-electron chi connectivity index (χ2n) is 5.47. The van der Waals surface area contributed by atoms with Crippen molar-refractivity contribution in [2.75, 3.05) is 24.3 Å². The van der Waals surface area contributed by atoms with Gasteiger partial charge in [-0.2, -0.15) is 5.10 Å². The van der Waals surface area contributed by atoms with Gasteiger partial charge in [0.05, 0.1) is 37.4 Å². The maximum Gasteiger partial charge on any atom is 0.262 e. The van der Waals surface area contributed by atoms with E-state index in [9.17, 15) is 9.59 Å². The summed E-state index contributed by atoms with van der Waals surface area (Å²) in [4.78, 5) is 31.3. The zero-order chi connectivity index (χ0) is 19.2. The maximum absolute atomic E-state index is 12.3. The number of anilines is 1. The van der Waals surface area contributed by atoms with Gasteiger partial charge in [0.15, 0.2) is 10.8 Å². The van der Waals surface area contributed by atoms with Crippen LogP contribution in [0.4, 0.5) is 5.69 Å². The van der Waals surface area contributed by atoms with Crippen LogP contribution in [0.25, 0.3) is 11.0 Å². The average Bonchev–Trinajstić information content (AvgIpc) is 3.06. The average molecular weight is 389 g/mol. The summed E-state index contributed by atoms with van der Waals surface area (Å²) in [5.74, 6) is 0.404. The van der Waals surface area contributed by atoms with E-state index in [2.05, 4.69) is 20.4 Å².